The lowest BCUT2D eigenvalue weighted by Gasteiger charge is -2.01. The summed E-state index contributed by atoms with van der Waals surface area (Å²) in [6.45, 7) is 0.662. The van der Waals surface area contributed by atoms with Gasteiger partial charge in [-0.1, -0.05) is 35.9 Å². The molecule has 3 rings (SSSR count). The van der Waals surface area contributed by atoms with E-state index in [0.717, 1.165) is 32.2 Å². The average molecular weight is 289 g/mol. The Bertz CT molecular complexity index is 721. The predicted octanol–water partition coefficient (Wildman–Crippen LogP) is 4.12. The second-order valence-electron chi connectivity index (χ2n) is 4.35. The third kappa shape index (κ3) is 2.50. The summed E-state index contributed by atoms with van der Waals surface area (Å²) in [6.07, 6.45) is 0.888. The van der Waals surface area contributed by atoms with Gasteiger partial charge in [0.1, 0.15) is 5.01 Å². The molecule has 96 valence electrons. The molecule has 3 aromatic rings. The maximum atomic E-state index is 6.19. The summed E-state index contributed by atoms with van der Waals surface area (Å²) in [5, 5.41) is 1.77. The monoisotopic (exact) mass is 288 g/mol. The van der Waals surface area contributed by atoms with Crippen LogP contribution in [0.2, 0.25) is 5.02 Å². The van der Waals surface area contributed by atoms with E-state index in [0.29, 0.717) is 6.54 Å². The zero-order chi connectivity index (χ0) is 13.2. The van der Waals surface area contributed by atoms with Gasteiger partial charge in [0.2, 0.25) is 0 Å². The van der Waals surface area contributed by atoms with Crippen LogP contribution in [0, 0.1) is 0 Å². The van der Waals surface area contributed by atoms with Gasteiger partial charge in [-0.25, -0.2) is 4.98 Å². The van der Waals surface area contributed by atoms with Crippen LogP contribution in [0.25, 0.3) is 20.8 Å². The molecule has 19 heavy (non-hydrogen) atoms. The normalized spacial score (nSPS) is 11.1. The quantitative estimate of drug-likeness (QED) is 0.787. The molecule has 2 N–H and O–H groups in total. The molecule has 2 aromatic carbocycles. The van der Waals surface area contributed by atoms with Crippen molar-refractivity contribution in [2.75, 3.05) is 6.54 Å². The van der Waals surface area contributed by atoms with Gasteiger partial charge >= 0.3 is 0 Å². The van der Waals surface area contributed by atoms with Crippen molar-refractivity contribution in [3.05, 3.63) is 53.1 Å². The fraction of sp³-hybridized carbons (Fsp3) is 0.133. The van der Waals surface area contributed by atoms with Gasteiger partial charge in [-0.15, -0.1) is 11.3 Å². The first-order chi connectivity index (χ1) is 9.28. The first kappa shape index (κ1) is 12.6. The van der Waals surface area contributed by atoms with Crippen molar-refractivity contribution < 1.29 is 0 Å². The topological polar surface area (TPSA) is 38.9 Å². The van der Waals surface area contributed by atoms with E-state index in [2.05, 4.69) is 23.2 Å². The van der Waals surface area contributed by atoms with Crippen molar-refractivity contribution in [2.45, 2.75) is 6.42 Å². The van der Waals surface area contributed by atoms with E-state index in [4.69, 9.17) is 17.3 Å². The molecule has 0 saturated carbocycles. The lowest BCUT2D eigenvalue weighted by atomic mass is 10.1. The van der Waals surface area contributed by atoms with E-state index < -0.39 is 0 Å². The Labute approximate surface area is 120 Å². The molecule has 0 fully saturated rings. The highest BCUT2D eigenvalue weighted by Gasteiger charge is 2.08. The van der Waals surface area contributed by atoms with Gasteiger partial charge < -0.3 is 5.73 Å². The van der Waals surface area contributed by atoms with Gasteiger partial charge in [0, 0.05) is 5.56 Å². The third-order valence-corrected chi connectivity index (χ3v) is 4.55. The van der Waals surface area contributed by atoms with Crippen molar-refractivity contribution in [3.63, 3.8) is 0 Å². The van der Waals surface area contributed by atoms with Crippen LogP contribution in [0.15, 0.2) is 42.5 Å². The van der Waals surface area contributed by atoms with E-state index in [1.54, 1.807) is 11.3 Å². The summed E-state index contributed by atoms with van der Waals surface area (Å²) in [6, 6.07) is 14.2. The van der Waals surface area contributed by atoms with E-state index in [9.17, 15) is 0 Å². The Kier molecular flexibility index (Phi) is 3.51. The van der Waals surface area contributed by atoms with Crippen molar-refractivity contribution >= 4 is 33.2 Å². The van der Waals surface area contributed by atoms with Crippen molar-refractivity contribution in [1.29, 1.82) is 0 Å². The molecular formula is C15H13ClN2S. The summed E-state index contributed by atoms with van der Waals surface area (Å²) in [7, 11) is 0. The minimum absolute atomic E-state index is 0.662. The van der Waals surface area contributed by atoms with Crippen LogP contribution in [0.4, 0.5) is 0 Å². The van der Waals surface area contributed by atoms with E-state index in [-0.39, 0.29) is 0 Å². The molecule has 0 bridgehead atoms. The Morgan fingerprint density at radius 2 is 2.00 bits per heavy atom. The minimum atomic E-state index is 0.662. The van der Waals surface area contributed by atoms with Crippen LogP contribution in [0.3, 0.4) is 0 Å². The highest BCUT2D eigenvalue weighted by atomic mass is 35.5. The van der Waals surface area contributed by atoms with E-state index in [1.807, 2.05) is 24.3 Å². The summed E-state index contributed by atoms with van der Waals surface area (Å²) in [5.74, 6) is 0. The van der Waals surface area contributed by atoms with Gasteiger partial charge in [-0.3, -0.25) is 0 Å². The first-order valence-electron chi connectivity index (χ1n) is 6.12. The summed E-state index contributed by atoms with van der Waals surface area (Å²) >= 11 is 7.82. The third-order valence-electron chi connectivity index (χ3n) is 2.97. The molecule has 1 aromatic heterocycles. The molecule has 0 amide bonds. The van der Waals surface area contributed by atoms with Gasteiger partial charge in [0.05, 0.1) is 15.2 Å². The smallest absolute Gasteiger partial charge is 0.124 e. The van der Waals surface area contributed by atoms with Crippen molar-refractivity contribution in [2.24, 2.45) is 5.73 Å². The maximum absolute atomic E-state index is 6.19. The van der Waals surface area contributed by atoms with Gasteiger partial charge in [-0.2, -0.15) is 0 Å². The highest BCUT2D eigenvalue weighted by molar-refractivity contribution is 7.22. The van der Waals surface area contributed by atoms with Gasteiger partial charge in [0.25, 0.3) is 0 Å². The maximum Gasteiger partial charge on any atom is 0.124 e. The average Bonchev–Trinajstić information content (AvgIpc) is 2.85. The number of nitrogens with zero attached hydrogens (tertiary/aromatic N) is 1. The van der Waals surface area contributed by atoms with Gasteiger partial charge in [0.15, 0.2) is 0 Å². The standard InChI is InChI=1S/C15H13ClN2S/c16-12-5-2-6-13-14(12)19-15(18-13)11-4-1-3-10(9-11)7-8-17/h1-6,9H,7-8,17H2. The minimum Gasteiger partial charge on any atom is -0.330 e. The number of hydrogen-bond donors (Lipinski definition) is 1. The lowest BCUT2D eigenvalue weighted by Crippen LogP contribution is -2.02. The molecule has 0 aliphatic rings. The fourth-order valence-corrected chi connectivity index (χ4v) is 3.32. The number of hydrogen-bond acceptors (Lipinski definition) is 3. The number of rotatable bonds is 3. The van der Waals surface area contributed by atoms with E-state index in [1.165, 1.54) is 5.56 Å². The number of benzene rings is 2. The summed E-state index contributed by atoms with van der Waals surface area (Å²) in [5.41, 5.74) is 8.92. The van der Waals surface area contributed by atoms with Crippen LogP contribution < -0.4 is 5.73 Å². The van der Waals surface area contributed by atoms with E-state index >= 15 is 0 Å². The molecular weight excluding hydrogens is 276 g/mol. The fourth-order valence-electron chi connectivity index (χ4n) is 2.07. The SMILES string of the molecule is NCCc1cccc(-c2nc3cccc(Cl)c3s2)c1. The first-order valence-corrected chi connectivity index (χ1v) is 7.32. The molecule has 1 heterocycles. The number of fused-ring (bicyclic) bond motifs is 1. The van der Waals surface area contributed by atoms with Crippen LogP contribution in [0.1, 0.15) is 5.56 Å². The number of aromatic nitrogens is 1. The second-order valence-corrected chi connectivity index (χ2v) is 5.75. The summed E-state index contributed by atoms with van der Waals surface area (Å²) in [4.78, 5) is 4.65. The molecule has 0 aliphatic carbocycles. The largest absolute Gasteiger partial charge is 0.330 e. The zero-order valence-corrected chi connectivity index (χ0v) is 11.8. The number of thiazole rings is 1. The Morgan fingerprint density at radius 3 is 2.79 bits per heavy atom. The Balaban J connectivity index is 2.08. The van der Waals surface area contributed by atoms with Crippen LogP contribution in [-0.2, 0) is 6.42 Å². The predicted molar refractivity (Wildman–Crippen MR) is 82.8 cm³/mol. The van der Waals surface area contributed by atoms with Gasteiger partial charge in [-0.05, 0) is 36.7 Å². The number of nitrogens with two attached hydrogens (primary N) is 1. The van der Waals surface area contributed by atoms with Crippen LogP contribution >= 0.6 is 22.9 Å². The van der Waals surface area contributed by atoms with Crippen molar-refractivity contribution in [1.82, 2.24) is 4.98 Å². The molecule has 0 spiro atoms. The lowest BCUT2D eigenvalue weighted by molar-refractivity contribution is 0.969. The summed E-state index contributed by atoms with van der Waals surface area (Å²) < 4.78 is 1.04. The molecule has 0 aliphatic heterocycles. The highest BCUT2D eigenvalue weighted by Crippen LogP contribution is 2.34. The molecule has 0 atom stereocenters. The van der Waals surface area contributed by atoms with Crippen LogP contribution in [0.5, 0.6) is 0 Å². The molecule has 2 nitrogen and oxygen atoms in total. The van der Waals surface area contributed by atoms with Crippen molar-refractivity contribution in [3.8, 4) is 10.6 Å². The van der Waals surface area contributed by atoms with Crippen LogP contribution in [-0.4, -0.2) is 11.5 Å². The molecule has 0 unspecified atom stereocenters. The molecule has 0 saturated heterocycles. The Hall–Kier alpha value is -1.42. The number of halogens is 1. The Morgan fingerprint density at radius 1 is 1.16 bits per heavy atom. The zero-order valence-electron chi connectivity index (χ0n) is 10.3. The molecule has 4 heteroatoms. The second kappa shape index (κ2) is 5.29. The molecule has 0 radical (unpaired) electrons.